The van der Waals surface area contributed by atoms with Crippen molar-refractivity contribution < 1.29 is 4.42 Å². The third-order valence-corrected chi connectivity index (χ3v) is 2.83. The van der Waals surface area contributed by atoms with Crippen molar-refractivity contribution in [2.75, 3.05) is 17.2 Å². The highest BCUT2D eigenvalue weighted by Crippen LogP contribution is 2.20. The van der Waals surface area contributed by atoms with Gasteiger partial charge in [-0.15, -0.1) is 0 Å². The smallest absolute Gasteiger partial charge is 0.135 e. The molecule has 0 bridgehead atoms. The minimum atomic E-state index is 0.622. The summed E-state index contributed by atoms with van der Waals surface area (Å²) in [5, 5.41) is 6.54. The Labute approximate surface area is 113 Å². The highest BCUT2D eigenvalue weighted by atomic mass is 16.3. The molecule has 2 rings (SSSR count). The van der Waals surface area contributed by atoms with Crippen LogP contribution < -0.4 is 10.6 Å². The molecule has 0 aliphatic rings. The Bertz CT molecular complexity index is 563. The molecule has 0 unspecified atom stereocenters. The monoisotopic (exact) mass is 260 g/mol. The number of furan rings is 1. The summed E-state index contributed by atoms with van der Waals surface area (Å²) < 4.78 is 5.53. The first kappa shape index (κ1) is 13.4. The zero-order valence-corrected chi connectivity index (χ0v) is 11.9. The number of aromatic nitrogens is 2. The van der Waals surface area contributed by atoms with E-state index in [1.54, 1.807) is 0 Å². The van der Waals surface area contributed by atoms with Crippen LogP contribution in [0.5, 0.6) is 0 Å². The van der Waals surface area contributed by atoms with Crippen LogP contribution in [-0.2, 0) is 6.54 Å². The van der Waals surface area contributed by atoms with Crippen molar-refractivity contribution in [1.29, 1.82) is 0 Å². The average Bonchev–Trinajstić information content (AvgIpc) is 2.78. The standard InChI is InChI=1S/C14H20N4O/c1-5-15-13-10(3)14(18-11(4)17-13)16-8-12-7-6-9(2)19-12/h6-7H,5,8H2,1-4H3,(H2,15,16,17,18). The lowest BCUT2D eigenvalue weighted by molar-refractivity contribution is 0.490. The van der Waals surface area contributed by atoms with Crippen LogP contribution >= 0.6 is 0 Å². The number of aryl methyl sites for hydroxylation is 2. The summed E-state index contributed by atoms with van der Waals surface area (Å²) in [6.45, 7) is 9.35. The van der Waals surface area contributed by atoms with Crippen LogP contribution in [0.2, 0.25) is 0 Å². The van der Waals surface area contributed by atoms with Crippen molar-refractivity contribution in [2.45, 2.75) is 34.2 Å². The molecule has 0 aliphatic carbocycles. The molecule has 0 aromatic carbocycles. The summed E-state index contributed by atoms with van der Waals surface area (Å²) in [6.07, 6.45) is 0. The molecule has 0 radical (unpaired) electrons. The first-order valence-corrected chi connectivity index (χ1v) is 6.48. The zero-order chi connectivity index (χ0) is 13.8. The highest BCUT2D eigenvalue weighted by Gasteiger charge is 2.09. The quantitative estimate of drug-likeness (QED) is 0.865. The van der Waals surface area contributed by atoms with Gasteiger partial charge in [0.05, 0.1) is 6.54 Å². The molecule has 2 aromatic rings. The van der Waals surface area contributed by atoms with Crippen LogP contribution in [0.4, 0.5) is 11.6 Å². The van der Waals surface area contributed by atoms with Crippen LogP contribution in [0.3, 0.4) is 0 Å². The van der Waals surface area contributed by atoms with Gasteiger partial charge in [-0.05, 0) is 39.8 Å². The minimum Gasteiger partial charge on any atom is -0.465 e. The lowest BCUT2D eigenvalue weighted by atomic mass is 10.3. The molecule has 5 nitrogen and oxygen atoms in total. The van der Waals surface area contributed by atoms with Crippen molar-refractivity contribution in [3.05, 3.63) is 35.0 Å². The summed E-state index contributed by atoms with van der Waals surface area (Å²) in [6, 6.07) is 3.93. The van der Waals surface area contributed by atoms with E-state index in [0.29, 0.717) is 6.54 Å². The van der Waals surface area contributed by atoms with Crippen LogP contribution in [0.25, 0.3) is 0 Å². The van der Waals surface area contributed by atoms with Crippen LogP contribution in [0, 0.1) is 20.8 Å². The molecule has 19 heavy (non-hydrogen) atoms. The number of hydrogen-bond donors (Lipinski definition) is 2. The molecule has 0 saturated carbocycles. The fourth-order valence-electron chi connectivity index (χ4n) is 1.89. The van der Waals surface area contributed by atoms with E-state index in [1.807, 2.05) is 32.9 Å². The van der Waals surface area contributed by atoms with E-state index in [-0.39, 0.29) is 0 Å². The fourth-order valence-corrected chi connectivity index (χ4v) is 1.89. The number of rotatable bonds is 5. The van der Waals surface area contributed by atoms with Gasteiger partial charge in [0.2, 0.25) is 0 Å². The first-order valence-electron chi connectivity index (χ1n) is 6.48. The molecule has 0 atom stereocenters. The highest BCUT2D eigenvalue weighted by molar-refractivity contribution is 5.57. The van der Waals surface area contributed by atoms with Gasteiger partial charge in [0.25, 0.3) is 0 Å². The van der Waals surface area contributed by atoms with Gasteiger partial charge in [0, 0.05) is 12.1 Å². The SMILES string of the molecule is CCNc1nc(C)nc(NCc2ccc(C)o2)c1C. The van der Waals surface area contributed by atoms with Crippen LogP contribution in [0.15, 0.2) is 16.5 Å². The third-order valence-electron chi connectivity index (χ3n) is 2.83. The van der Waals surface area contributed by atoms with Crippen LogP contribution in [0.1, 0.15) is 29.8 Å². The van der Waals surface area contributed by atoms with E-state index in [4.69, 9.17) is 4.42 Å². The Kier molecular flexibility index (Phi) is 4.04. The molecule has 0 spiro atoms. The van der Waals surface area contributed by atoms with Gasteiger partial charge in [0.15, 0.2) is 0 Å². The fraction of sp³-hybridized carbons (Fsp3) is 0.429. The second-order valence-electron chi connectivity index (χ2n) is 4.49. The molecular formula is C14H20N4O. The first-order chi connectivity index (χ1) is 9.10. The minimum absolute atomic E-state index is 0.622. The van der Waals surface area contributed by atoms with Crippen molar-refractivity contribution in [2.24, 2.45) is 0 Å². The predicted molar refractivity (Wildman–Crippen MR) is 76.4 cm³/mol. The maximum Gasteiger partial charge on any atom is 0.135 e. The Morgan fingerprint density at radius 2 is 1.74 bits per heavy atom. The molecule has 0 amide bonds. The Hall–Kier alpha value is -2.04. The molecular weight excluding hydrogens is 240 g/mol. The molecule has 2 aromatic heterocycles. The molecule has 102 valence electrons. The van der Waals surface area contributed by atoms with Gasteiger partial charge < -0.3 is 15.1 Å². The number of nitrogens with zero attached hydrogens (tertiary/aromatic N) is 2. The Balaban J connectivity index is 2.15. The largest absolute Gasteiger partial charge is 0.465 e. The summed E-state index contributed by atoms with van der Waals surface area (Å²) in [7, 11) is 0. The topological polar surface area (TPSA) is 63.0 Å². The number of anilines is 2. The van der Waals surface area contributed by atoms with E-state index in [0.717, 1.165) is 41.1 Å². The van der Waals surface area contributed by atoms with Gasteiger partial charge in [0.1, 0.15) is 29.0 Å². The average molecular weight is 260 g/mol. The molecule has 0 fully saturated rings. The molecule has 5 heteroatoms. The summed E-state index contributed by atoms with van der Waals surface area (Å²) in [5.41, 5.74) is 1.02. The second-order valence-corrected chi connectivity index (χ2v) is 4.49. The van der Waals surface area contributed by atoms with Crippen molar-refractivity contribution in [1.82, 2.24) is 9.97 Å². The van der Waals surface area contributed by atoms with Crippen molar-refractivity contribution >= 4 is 11.6 Å². The second kappa shape index (κ2) is 5.73. The van der Waals surface area contributed by atoms with E-state index >= 15 is 0 Å². The lowest BCUT2D eigenvalue weighted by Gasteiger charge is -2.12. The predicted octanol–water partition coefficient (Wildman–Crippen LogP) is 3.04. The maximum atomic E-state index is 5.53. The molecule has 0 aliphatic heterocycles. The summed E-state index contributed by atoms with van der Waals surface area (Å²) >= 11 is 0. The lowest BCUT2D eigenvalue weighted by Crippen LogP contribution is -2.09. The Morgan fingerprint density at radius 1 is 1.05 bits per heavy atom. The van der Waals surface area contributed by atoms with E-state index in [9.17, 15) is 0 Å². The van der Waals surface area contributed by atoms with Gasteiger partial charge in [-0.25, -0.2) is 9.97 Å². The molecule has 2 N–H and O–H groups in total. The van der Waals surface area contributed by atoms with Gasteiger partial charge >= 0.3 is 0 Å². The van der Waals surface area contributed by atoms with E-state index in [1.165, 1.54) is 0 Å². The van der Waals surface area contributed by atoms with Crippen molar-refractivity contribution in [3.8, 4) is 0 Å². The summed E-state index contributed by atoms with van der Waals surface area (Å²) in [5.74, 6) is 4.30. The van der Waals surface area contributed by atoms with Crippen LogP contribution in [-0.4, -0.2) is 16.5 Å². The number of nitrogens with one attached hydrogen (secondary N) is 2. The third kappa shape index (κ3) is 3.24. The van der Waals surface area contributed by atoms with E-state index in [2.05, 4.69) is 27.5 Å². The maximum absolute atomic E-state index is 5.53. The van der Waals surface area contributed by atoms with Gasteiger partial charge in [-0.3, -0.25) is 0 Å². The Morgan fingerprint density at radius 3 is 2.32 bits per heavy atom. The summed E-state index contributed by atoms with van der Waals surface area (Å²) in [4.78, 5) is 8.83. The molecule has 2 heterocycles. The number of hydrogen-bond acceptors (Lipinski definition) is 5. The zero-order valence-electron chi connectivity index (χ0n) is 11.9. The van der Waals surface area contributed by atoms with Crippen molar-refractivity contribution in [3.63, 3.8) is 0 Å². The van der Waals surface area contributed by atoms with Gasteiger partial charge in [-0.2, -0.15) is 0 Å². The van der Waals surface area contributed by atoms with E-state index < -0.39 is 0 Å². The van der Waals surface area contributed by atoms with Gasteiger partial charge in [-0.1, -0.05) is 0 Å². The normalized spacial score (nSPS) is 10.5. The molecule has 0 saturated heterocycles.